The van der Waals surface area contributed by atoms with Gasteiger partial charge in [0, 0.05) is 10.5 Å². The Morgan fingerprint density at radius 2 is 1.61 bits per heavy atom. The van der Waals surface area contributed by atoms with Crippen LogP contribution < -0.4 is 0 Å². The minimum Gasteiger partial charge on any atom is -0.294 e. The molecule has 1 rings (SSSR count). The van der Waals surface area contributed by atoms with E-state index in [1.807, 2.05) is 0 Å². The Labute approximate surface area is 104 Å². The molecule has 1 aromatic carbocycles. The molecule has 0 aliphatic rings. The largest absolute Gasteiger partial charge is 0.294 e. The molecule has 0 saturated carbocycles. The molecule has 0 fully saturated rings. The first-order valence-electron chi connectivity index (χ1n) is 5.35. The Balaban J connectivity index is 3.45. The first-order chi connectivity index (χ1) is 8.43. The number of rotatable bonds is 5. The van der Waals surface area contributed by atoms with E-state index in [0.29, 0.717) is 5.56 Å². The molecule has 0 atom stereocenters. The molecule has 1 aromatic rings. The predicted octanol–water partition coefficient (Wildman–Crippen LogP) is 1.89. The molecule has 0 aromatic heterocycles. The topological polar surface area (TPSA) is 77.3 Å². The Morgan fingerprint density at radius 3 is 2.00 bits per heavy atom. The van der Waals surface area contributed by atoms with Crippen LogP contribution in [0.3, 0.4) is 0 Å². The number of ketones is 2. The van der Waals surface area contributed by atoms with E-state index < -0.39 is 23.0 Å². The van der Waals surface area contributed by atoms with Crippen LogP contribution in [0.15, 0.2) is 35.9 Å². The summed E-state index contributed by atoms with van der Waals surface area (Å²) >= 11 is 0. The van der Waals surface area contributed by atoms with Crippen molar-refractivity contribution in [3.05, 3.63) is 51.6 Å². The smallest absolute Gasteiger partial charge is 0.230 e. The summed E-state index contributed by atoms with van der Waals surface area (Å²) in [7, 11) is 0. The average molecular weight is 247 g/mol. The van der Waals surface area contributed by atoms with Crippen LogP contribution >= 0.6 is 0 Å². The van der Waals surface area contributed by atoms with Crippen molar-refractivity contribution in [2.45, 2.75) is 13.8 Å². The highest BCUT2D eigenvalue weighted by Gasteiger charge is 2.21. The van der Waals surface area contributed by atoms with Gasteiger partial charge < -0.3 is 0 Å². The third-order valence-corrected chi connectivity index (χ3v) is 2.42. The molecule has 0 unspecified atom stereocenters. The van der Waals surface area contributed by atoms with E-state index >= 15 is 0 Å². The van der Waals surface area contributed by atoms with Gasteiger partial charge in [-0.15, -0.1) is 0 Å². The minimum atomic E-state index is -0.547. The lowest BCUT2D eigenvalue weighted by atomic mass is 9.95. The van der Waals surface area contributed by atoms with Crippen LogP contribution in [0.5, 0.6) is 0 Å². The van der Waals surface area contributed by atoms with Crippen molar-refractivity contribution in [1.82, 2.24) is 0 Å². The van der Waals surface area contributed by atoms with Gasteiger partial charge in [-0.05, 0) is 19.4 Å². The predicted molar refractivity (Wildman–Crippen MR) is 66.6 cm³/mol. The van der Waals surface area contributed by atoms with Crippen LogP contribution in [0.2, 0.25) is 0 Å². The number of nitrogens with zero attached hydrogens (tertiary/aromatic N) is 1. The highest BCUT2D eigenvalue weighted by Crippen LogP contribution is 2.20. The molecule has 94 valence electrons. The van der Waals surface area contributed by atoms with Crippen molar-refractivity contribution in [3.8, 4) is 0 Å². The summed E-state index contributed by atoms with van der Waals surface area (Å²) in [6, 6.07) is 8.45. The van der Waals surface area contributed by atoms with Crippen molar-refractivity contribution in [2.24, 2.45) is 0 Å². The third-order valence-electron chi connectivity index (χ3n) is 2.42. The molecule has 18 heavy (non-hydrogen) atoms. The summed E-state index contributed by atoms with van der Waals surface area (Å²) in [6.45, 7) is 1.93. The number of benzene rings is 1. The van der Waals surface area contributed by atoms with Gasteiger partial charge in [-0.2, -0.15) is 0 Å². The maximum atomic E-state index is 11.5. The molecule has 0 N–H and O–H groups in total. The maximum absolute atomic E-state index is 11.5. The van der Waals surface area contributed by atoms with Gasteiger partial charge in [0.05, 0.1) is 5.57 Å². The van der Waals surface area contributed by atoms with Crippen molar-refractivity contribution in [2.75, 3.05) is 6.54 Å². The number of hydrogen-bond acceptors (Lipinski definition) is 4. The van der Waals surface area contributed by atoms with E-state index in [-0.39, 0.29) is 11.1 Å². The lowest BCUT2D eigenvalue weighted by molar-refractivity contribution is -0.465. The lowest BCUT2D eigenvalue weighted by Crippen LogP contribution is -2.14. The van der Waals surface area contributed by atoms with Crippen LogP contribution in [0.4, 0.5) is 0 Å². The summed E-state index contributed by atoms with van der Waals surface area (Å²) in [5, 5.41) is 10.7. The molecule has 0 saturated heterocycles. The average Bonchev–Trinajstić information content (AvgIpc) is 2.27. The second kappa shape index (κ2) is 5.86. The first kappa shape index (κ1) is 13.8. The van der Waals surface area contributed by atoms with Crippen LogP contribution in [0.25, 0.3) is 5.57 Å². The molecular formula is C13H13NO4. The van der Waals surface area contributed by atoms with Gasteiger partial charge in [0.15, 0.2) is 11.6 Å². The zero-order valence-electron chi connectivity index (χ0n) is 10.2. The first-order valence-corrected chi connectivity index (χ1v) is 5.35. The van der Waals surface area contributed by atoms with E-state index in [1.54, 1.807) is 30.3 Å². The summed E-state index contributed by atoms with van der Waals surface area (Å²) in [4.78, 5) is 33.1. The van der Waals surface area contributed by atoms with Crippen molar-refractivity contribution < 1.29 is 14.5 Å². The van der Waals surface area contributed by atoms with Crippen LogP contribution in [0.1, 0.15) is 19.4 Å². The Bertz CT molecular complexity index is 501. The zero-order chi connectivity index (χ0) is 13.7. The number of carbonyl (C=O) groups is 2. The van der Waals surface area contributed by atoms with Crippen LogP contribution in [-0.4, -0.2) is 23.0 Å². The number of nitro groups is 1. The Morgan fingerprint density at radius 1 is 1.11 bits per heavy atom. The van der Waals surface area contributed by atoms with Gasteiger partial charge in [-0.1, -0.05) is 30.3 Å². The monoisotopic (exact) mass is 247 g/mol. The summed E-state index contributed by atoms with van der Waals surface area (Å²) < 4.78 is 0. The Kier molecular flexibility index (Phi) is 4.48. The van der Waals surface area contributed by atoms with Gasteiger partial charge in [0.1, 0.15) is 0 Å². The fourth-order valence-electron chi connectivity index (χ4n) is 1.76. The van der Waals surface area contributed by atoms with E-state index in [4.69, 9.17) is 0 Å². The number of carbonyl (C=O) groups excluding carboxylic acids is 2. The maximum Gasteiger partial charge on any atom is 0.230 e. The third kappa shape index (κ3) is 3.35. The summed E-state index contributed by atoms with van der Waals surface area (Å²) in [6.07, 6.45) is 0. The van der Waals surface area contributed by atoms with E-state index in [0.717, 1.165) is 0 Å². The molecule has 0 spiro atoms. The van der Waals surface area contributed by atoms with Gasteiger partial charge in [0.25, 0.3) is 0 Å². The van der Waals surface area contributed by atoms with Gasteiger partial charge in [-0.25, -0.2) is 0 Å². The lowest BCUT2D eigenvalue weighted by Gasteiger charge is -2.08. The quantitative estimate of drug-likeness (QED) is 0.262. The molecule has 0 radical (unpaired) electrons. The second-order valence-corrected chi connectivity index (χ2v) is 3.82. The molecule has 0 aliphatic heterocycles. The van der Waals surface area contributed by atoms with E-state index in [9.17, 15) is 19.7 Å². The highest BCUT2D eigenvalue weighted by atomic mass is 16.6. The van der Waals surface area contributed by atoms with E-state index in [1.165, 1.54) is 13.8 Å². The van der Waals surface area contributed by atoms with Crippen molar-refractivity contribution in [3.63, 3.8) is 0 Å². The van der Waals surface area contributed by atoms with Gasteiger partial charge >= 0.3 is 0 Å². The minimum absolute atomic E-state index is 0.0992. The molecule has 0 bridgehead atoms. The molecular weight excluding hydrogens is 234 g/mol. The zero-order valence-corrected chi connectivity index (χ0v) is 10.2. The van der Waals surface area contributed by atoms with E-state index in [2.05, 4.69) is 0 Å². The molecule has 5 heteroatoms. The van der Waals surface area contributed by atoms with Crippen LogP contribution in [0, 0.1) is 10.1 Å². The number of hydrogen-bond donors (Lipinski definition) is 0. The summed E-state index contributed by atoms with van der Waals surface area (Å²) in [5.74, 6) is -0.911. The molecule has 0 aliphatic carbocycles. The number of Topliss-reactive ketones (excluding diaryl/α,β-unsaturated/α-hetero) is 2. The molecule has 0 heterocycles. The summed E-state index contributed by atoms with van der Waals surface area (Å²) in [5.41, 5.74) is 0.591. The fourth-order valence-corrected chi connectivity index (χ4v) is 1.76. The van der Waals surface area contributed by atoms with Gasteiger partial charge in [0.2, 0.25) is 6.54 Å². The standard InChI is InChI=1S/C13H13NO4/c1-9(15)13(10(2)16)12(8-14(17)18)11-6-4-3-5-7-11/h3-7H,8H2,1-2H3. The Hall–Kier alpha value is -2.30. The van der Waals surface area contributed by atoms with Gasteiger partial charge in [-0.3, -0.25) is 19.7 Å². The normalized spacial score (nSPS) is 9.67. The highest BCUT2D eigenvalue weighted by molar-refractivity contribution is 6.23. The van der Waals surface area contributed by atoms with Crippen molar-refractivity contribution in [1.29, 1.82) is 0 Å². The SMILES string of the molecule is CC(=O)C(C(C)=O)=C(C[N+](=O)[O-])c1ccccc1. The number of allylic oxidation sites excluding steroid dienone is 1. The molecule has 5 nitrogen and oxygen atoms in total. The molecule has 0 amide bonds. The second-order valence-electron chi connectivity index (χ2n) is 3.82. The van der Waals surface area contributed by atoms with Crippen LogP contribution in [-0.2, 0) is 9.59 Å². The fraction of sp³-hybridized carbons (Fsp3) is 0.231. The van der Waals surface area contributed by atoms with Crippen molar-refractivity contribution >= 4 is 17.1 Å².